The Balaban J connectivity index is 1.51. The second-order valence-electron chi connectivity index (χ2n) is 8.04. The van der Waals surface area contributed by atoms with Gasteiger partial charge in [-0.05, 0) is 88.0 Å². The molecule has 0 spiro atoms. The van der Waals surface area contributed by atoms with Gasteiger partial charge in [-0.15, -0.1) is 0 Å². The van der Waals surface area contributed by atoms with Crippen molar-refractivity contribution in [3.63, 3.8) is 0 Å². The fourth-order valence-electron chi connectivity index (χ4n) is 6.43. The number of hydrogen-bond donors (Lipinski definition) is 1. The predicted molar refractivity (Wildman–Crippen MR) is 75.4 cm³/mol. The van der Waals surface area contributed by atoms with Crippen molar-refractivity contribution in [1.82, 2.24) is 5.32 Å². The van der Waals surface area contributed by atoms with Gasteiger partial charge in [0, 0.05) is 5.54 Å². The highest BCUT2D eigenvalue weighted by molar-refractivity contribution is 5.02. The van der Waals surface area contributed by atoms with Gasteiger partial charge in [-0.3, -0.25) is 0 Å². The Kier molecular flexibility index (Phi) is 2.76. The molecule has 5 aliphatic rings. The summed E-state index contributed by atoms with van der Waals surface area (Å²) >= 11 is 0. The van der Waals surface area contributed by atoms with Gasteiger partial charge in [-0.2, -0.15) is 0 Å². The SMILES string of the molecule is CNC1(CC2C3CC4CC(C3)CC2C4)CCCC1. The maximum absolute atomic E-state index is 3.74. The summed E-state index contributed by atoms with van der Waals surface area (Å²) in [5.41, 5.74) is 0.542. The van der Waals surface area contributed by atoms with Crippen molar-refractivity contribution in [2.75, 3.05) is 7.05 Å². The van der Waals surface area contributed by atoms with E-state index in [1.807, 2.05) is 0 Å². The van der Waals surface area contributed by atoms with E-state index in [4.69, 9.17) is 0 Å². The van der Waals surface area contributed by atoms with Gasteiger partial charge in [-0.25, -0.2) is 0 Å². The lowest BCUT2D eigenvalue weighted by atomic mass is 9.50. The van der Waals surface area contributed by atoms with E-state index >= 15 is 0 Å². The Labute approximate surface area is 112 Å². The van der Waals surface area contributed by atoms with E-state index in [1.165, 1.54) is 32.1 Å². The van der Waals surface area contributed by atoms with Crippen molar-refractivity contribution >= 4 is 0 Å². The quantitative estimate of drug-likeness (QED) is 0.795. The molecule has 5 fully saturated rings. The molecule has 18 heavy (non-hydrogen) atoms. The Bertz CT molecular complexity index is 288. The minimum atomic E-state index is 0.542. The molecule has 0 saturated heterocycles. The lowest BCUT2D eigenvalue weighted by Gasteiger charge is -2.56. The fraction of sp³-hybridized carbons (Fsp3) is 1.00. The number of hydrogen-bond acceptors (Lipinski definition) is 1. The van der Waals surface area contributed by atoms with Crippen LogP contribution in [0.3, 0.4) is 0 Å². The molecule has 0 aliphatic heterocycles. The molecule has 0 aromatic carbocycles. The van der Waals surface area contributed by atoms with E-state index < -0.39 is 0 Å². The van der Waals surface area contributed by atoms with Crippen LogP contribution in [-0.4, -0.2) is 12.6 Å². The molecule has 0 atom stereocenters. The van der Waals surface area contributed by atoms with Gasteiger partial charge in [0.15, 0.2) is 0 Å². The fourth-order valence-corrected chi connectivity index (χ4v) is 6.43. The maximum atomic E-state index is 3.74. The highest BCUT2D eigenvalue weighted by atomic mass is 14.9. The van der Waals surface area contributed by atoms with Crippen LogP contribution in [0.25, 0.3) is 0 Å². The molecular weight excluding hydrogens is 218 g/mol. The molecule has 0 amide bonds. The largest absolute Gasteiger partial charge is 0.314 e. The molecule has 1 N–H and O–H groups in total. The van der Waals surface area contributed by atoms with Crippen LogP contribution < -0.4 is 5.32 Å². The molecule has 0 unspecified atom stereocenters. The van der Waals surface area contributed by atoms with Crippen molar-refractivity contribution in [3.8, 4) is 0 Å². The first kappa shape index (κ1) is 11.8. The van der Waals surface area contributed by atoms with Crippen LogP contribution in [0.1, 0.15) is 64.2 Å². The van der Waals surface area contributed by atoms with Crippen LogP contribution in [0.5, 0.6) is 0 Å². The van der Waals surface area contributed by atoms with Crippen LogP contribution in [0.15, 0.2) is 0 Å². The van der Waals surface area contributed by atoms with Crippen LogP contribution in [0.4, 0.5) is 0 Å². The van der Waals surface area contributed by atoms with Crippen molar-refractivity contribution in [3.05, 3.63) is 0 Å². The first-order valence-electron chi connectivity index (χ1n) is 8.47. The smallest absolute Gasteiger partial charge is 0.0181 e. The van der Waals surface area contributed by atoms with E-state index in [2.05, 4.69) is 12.4 Å². The van der Waals surface area contributed by atoms with Crippen molar-refractivity contribution in [2.24, 2.45) is 29.6 Å². The number of rotatable bonds is 3. The zero-order valence-electron chi connectivity index (χ0n) is 12.0. The zero-order chi connectivity index (χ0) is 12.2. The highest BCUT2D eigenvalue weighted by Gasteiger charge is 2.50. The second kappa shape index (κ2) is 4.23. The minimum absolute atomic E-state index is 0.542. The van der Waals surface area contributed by atoms with Crippen LogP contribution in [-0.2, 0) is 0 Å². The second-order valence-corrected chi connectivity index (χ2v) is 8.04. The molecule has 5 rings (SSSR count). The molecule has 5 aliphatic carbocycles. The third-order valence-electron chi connectivity index (χ3n) is 7.14. The first-order chi connectivity index (χ1) is 8.78. The van der Waals surface area contributed by atoms with Gasteiger partial charge >= 0.3 is 0 Å². The van der Waals surface area contributed by atoms with E-state index in [1.54, 1.807) is 32.1 Å². The first-order valence-corrected chi connectivity index (χ1v) is 8.47. The van der Waals surface area contributed by atoms with E-state index in [0.717, 1.165) is 29.6 Å². The average Bonchev–Trinajstić information content (AvgIpc) is 2.82. The Morgan fingerprint density at radius 3 is 1.94 bits per heavy atom. The number of nitrogens with one attached hydrogen (secondary N) is 1. The third kappa shape index (κ3) is 1.77. The summed E-state index contributed by atoms with van der Waals surface area (Å²) in [6, 6.07) is 0. The summed E-state index contributed by atoms with van der Waals surface area (Å²) in [6.07, 6.45) is 15.3. The molecule has 0 heterocycles. The molecule has 0 aromatic heterocycles. The van der Waals surface area contributed by atoms with Crippen molar-refractivity contribution < 1.29 is 0 Å². The summed E-state index contributed by atoms with van der Waals surface area (Å²) in [6.45, 7) is 0. The van der Waals surface area contributed by atoms with E-state index in [0.29, 0.717) is 5.54 Å². The van der Waals surface area contributed by atoms with Gasteiger partial charge in [0.25, 0.3) is 0 Å². The maximum Gasteiger partial charge on any atom is 0.0181 e. The summed E-state index contributed by atoms with van der Waals surface area (Å²) in [5, 5.41) is 3.74. The monoisotopic (exact) mass is 247 g/mol. The van der Waals surface area contributed by atoms with Gasteiger partial charge in [0.2, 0.25) is 0 Å². The van der Waals surface area contributed by atoms with Crippen molar-refractivity contribution in [1.29, 1.82) is 0 Å². The van der Waals surface area contributed by atoms with E-state index in [-0.39, 0.29) is 0 Å². The van der Waals surface area contributed by atoms with Crippen LogP contribution in [0.2, 0.25) is 0 Å². The molecule has 1 nitrogen and oxygen atoms in total. The molecule has 0 aromatic rings. The molecule has 0 radical (unpaired) electrons. The molecular formula is C17H29N. The average molecular weight is 247 g/mol. The van der Waals surface area contributed by atoms with Crippen molar-refractivity contribution in [2.45, 2.75) is 69.7 Å². The Hall–Kier alpha value is -0.0400. The topological polar surface area (TPSA) is 12.0 Å². The third-order valence-corrected chi connectivity index (χ3v) is 7.14. The normalized spacial score (nSPS) is 48.8. The molecule has 4 bridgehead atoms. The molecule has 1 heteroatoms. The summed E-state index contributed by atoms with van der Waals surface area (Å²) < 4.78 is 0. The van der Waals surface area contributed by atoms with Gasteiger partial charge in [0.05, 0.1) is 0 Å². The Morgan fingerprint density at radius 1 is 0.889 bits per heavy atom. The predicted octanol–water partition coefficient (Wildman–Crippen LogP) is 3.98. The minimum Gasteiger partial charge on any atom is -0.314 e. The van der Waals surface area contributed by atoms with Crippen LogP contribution >= 0.6 is 0 Å². The van der Waals surface area contributed by atoms with Gasteiger partial charge in [-0.1, -0.05) is 12.8 Å². The van der Waals surface area contributed by atoms with Gasteiger partial charge < -0.3 is 5.32 Å². The highest BCUT2D eigenvalue weighted by Crippen LogP contribution is 2.58. The summed E-state index contributed by atoms with van der Waals surface area (Å²) in [7, 11) is 2.22. The lowest BCUT2D eigenvalue weighted by molar-refractivity contribution is -0.0496. The van der Waals surface area contributed by atoms with Crippen LogP contribution in [0, 0.1) is 29.6 Å². The summed E-state index contributed by atoms with van der Waals surface area (Å²) in [5.74, 6) is 5.60. The Morgan fingerprint density at radius 2 is 1.44 bits per heavy atom. The van der Waals surface area contributed by atoms with E-state index in [9.17, 15) is 0 Å². The standard InChI is InChI=1S/C17H29N/c1-18-17(4-2-3-5-17)11-16-14-7-12-6-13(9-14)10-15(16)8-12/h12-16,18H,2-11H2,1H3. The zero-order valence-corrected chi connectivity index (χ0v) is 12.0. The van der Waals surface area contributed by atoms with Gasteiger partial charge in [0.1, 0.15) is 0 Å². The summed E-state index contributed by atoms with van der Waals surface area (Å²) in [4.78, 5) is 0. The molecule has 5 saturated carbocycles. The molecule has 102 valence electrons. The lowest BCUT2D eigenvalue weighted by Crippen LogP contribution is -2.50.